The molecule has 1 aliphatic rings. The Bertz CT molecular complexity index is 314. The first-order valence-corrected chi connectivity index (χ1v) is 4.37. The monoisotopic (exact) mass is 183 g/mol. The third-order valence-corrected chi connectivity index (χ3v) is 2.44. The van der Waals surface area contributed by atoms with E-state index in [0.29, 0.717) is 0 Å². The fourth-order valence-electron chi connectivity index (χ4n) is 1.65. The molecule has 1 nitrogen and oxygen atoms in total. The van der Waals surface area contributed by atoms with Crippen LogP contribution in [0, 0.1) is 6.92 Å². The molecule has 13 heavy (non-hydrogen) atoms. The quantitative estimate of drug-likeness (QED) is 0.652. The van der Waals surface area contributed by atoms with Crippen LogP contribution in [0.5, 0.6) is 0 Å². The molecular weight excluding hydrogens is 172 g/mol. The Morgan fingerprint density at radius 3 is 2.69 bits per heavy atom. The molecule has 3 heteroatoms. The first kappa shape index (κ1) is 8.60. The second kappa shape index (κ2) is 2.76. The first-order chi connectivity index (χ1) is 6.07. The molecule has 1 aliphatic carbocycles. The Morgan fingerprint density at radius 1 is 1.46 bits per heavy atom. The Labute approximate surface area is 75.8 Å². The maximum atomic E-state index is 12.5. The highest BCUT2D eigenvalue weighted by molar-refractivity contribution is 5.20. The molecule has 0 aromatic carbocycles. The molecule has 0 radical (unpaired) electrons. The predicted octanol–water partition coefficient (Wildman–Crippen LogP) is 2.90. The van der Waals surface area contributed by atoms with E-state index in [0.717, 1.165) is 11.3 Å². The third-order valence-electron chi connectivity index (χ3n) is 2.44. The van der Waals surface area contributed by atoms with Crippen molar-refractivity contribution in [2.24, 2.45) is 0 Å². The molecule has 0 atom stereocenters. The van der Waals surface area contributed by atoms with E-state index in [1.165, 1.54) is 0 Å². The Balaban J connectivity index is 2.11. The maximum absolute atomic E-state index is 12.5. The molecule has 0 N–H and O–H groups in total. The fraction of sp³-hybridized carbons (Fsp3) is 0.500. The van der Waals surface area contributed by atoms with Crippen molar-refractivity contribution in [1.29, 1.82) is 0 Å². The highest BCUT2D eigenvalue weighted by Gasteiger charge is 2.46. The van der Waals surface area contributed by atoms with Crippen LogP contribution in [-0.2, 0) is 0 Å². The summed E-state index contributed by atoms with van der Waals surface area (Å²) in [6, 6.07) is 3.76. The van der Waals surface area contributed by atoms with Gasteiger partial charge in [0.1, 0.15) is 0 Å². The summed E-state index contributed by atoms with van der Waals surface area (Å²) in [5.41, 5.74) is 1.89. The number of pyridine rings is 1. The number of halogens is 2. The average molecular weight is 183 g/mol. The lowest BCUT2D eigenvalue weighted by molar-refractivity contribution is -0.0876. The highest BCUT2D eigenvalue weighted by atomic mass is 19.3. The van der Waals surface area contributed by atoms with Crippen molar-refractivity contribution in [3.63, 3.8) is 0 Å². The molecule has 2 rings (SSSR count). The second-order valence-electron chi connectivity index (χ2n) is 3.72. The van der Waals surface area contributed by atoms with Gasteiger partial charge in [-0.1, -0.05) is 0 Å². The SMILES string of the molecule is Cc1ccnc(C2CC(F)(F)C2)c1. The summed E-state index contributed by atoms with van der Waals surface area (Å²) in [5.74, 6) is -2.48. The number of rotatable bonds is 1. The molecule has 1 heterocycles. The summed E-state index contributed by atoms with van der Waals surface area (Å²) in [6.45, 7) is 1.95. The maximum Gasteiger partial charge on any atom is 0.249 e. The van der Waals surface area contributed by atoms with Crippen LogP contribution >= 0.6 is 0 Å². The van der Waals surface area contributed by atoms with Crippen molar-refractivity contribution in [3.05, 3.63) is 29.6 Å². The van der Waals surface area contributed by atoms with Crippen LogP contribution < -0.4 is 0 Å². The second-order valence-corrected chi connectivity index (χ2v) is 3.72. The van der Waals surface area contributed by atoms with Crippen molar-refractivity contribution < 1.29 is 8.78 Å². The van der Waals surface area contributed by atoms with Gasteiger partial charge in [0.15, 0.2) is 0 Å². The minimum Gasteiger partial charge on any atom is -0.261 e. The van der Waals surface area contributed by atoms with Gasteiger partial charge in [0.25, 0.3) is 0 Å². The van der Waals surface area contributed by atoms with E-state index >= 15 is 0 Å². The molecule has 0 bridgehead atoms. The van der Waals surface area contributed by atoms with Crippen LogP contribution in [0.4, 0.5) is 8.78 Å². The molecule has 1 aromatic rings. The van der Waals surface area contributed by atoms with Crippen LogP contribution in [0.1, 0.15) is 30.0 Å². The van der Waals surface area contributed by atoms with Crippen molar-refractivity contribution in [1.82, 2.24) is 4.98 Å². The molecule has 0 spiro atoms. The zero-order valence-corrected chi connectivity index (χ0v) is 7.43. The summed E-state index contributed by atoms with van der Waals surface area (Å²) >= 11 is 0. The predicted molar refractivity (Wildman–Crippen MR) is 45.9 cm³/mol. The van der Waals surface area contributed by atoms with Gasteiger partial charge in [-0.05, 0) is 24.6 Å². The van der Waals surface area contributed by atoms with Gasteiger partial charge >= 0.3 is 0 Å². The minimum absolute atomic E-state index is 0.0325. The average Bonchev–Trinajstić information content (AvgIpc) is 2.00. The van der Waals surface area contributed by atoms with Crippen LogP contribution in [0.2, 0.25) is 0 Å². The molecule has 70 valence electrons. The van der Waals surface area contributed by atoms with Crippen LogP contribution in [0.15, 0.2) is 18.3 Å². The van der Waals surface area contributed by atoms with E-state index in [9.17, 15) is 8.78 Å². The number of aromatic nitrogens is 1. The number of aryl methyl sites for hydroxylation is 1. The molecule has 1 fully saturated rings. The van der Waals surface area contributed by atoms with Crippen molar-refractivity contribution in [3.8, 4) is 0 Å². The molecule has 1 aromatic heterocycles. The highest BCUT2D eigenvalue weighted by Crippen LogP contribution is 2.47. The van der Waals surface area contributed by atoms with Crippen molar-refractivity contribution in [2.75, 3.05) is 0 Å². The van der Waals surface area contributed by atoms with Gasteiger partial charge in [-0.25, -0.2) is 8.78 Å². The fourth-order valence-corrected chi connectivity index (χ4v) is 1.65. The van der Waals surface area contributed by atoms with Gasteiger partial charge in [0, 0.05) is 30.7 Å². The normalized spacial score (nSPS) is 21.2. The lowest BCUT2D eigenvalue weighted by atomic mass is 9.79. The lowest BCUT2D eigenvalue weighted by Crippen LogP contribution is -2.34. The van der Waals surface area contributed by atoms with Gasteiger partial charge in [-0.2, -0.15) is 0 Å². The molecule has 0 aliphatic heterocycles. The zero-order chi connectivity index (χ0) is 9.47. The van der Waals surface area contributed by atoms with Gasteiger partial charge in [-0.3, -0.25) is 4.98 Å². The Kier molecular flexibility index (Phi) is 1.82. The summed E-state index contributed by atoms with van der Waals surface area (Å²) in [4.78, 5) is 4.09. The first-order valence-electron chi connectivity index (χ1n) is 4.37. The summed E-state index contributed by atoms with van der Waals surface area (Å²) in [7, 11) is 0. The Hall–Kier alpha value is -0.990. The van der Waals surface area contributed by atoms with E-state index in [1.54, 1.807) is 6.20 Å². The van der Waals surface area contributed by atoms with Crippen molar-refractivity contribution in [2.45, 2.75) is 31.6 Å². The number of alkyl halides is 2. The summed E-state index contributed by atoms with van der Waals surface area (Å²) in [5, 5.41) is 0. The van der Waals surface area contributed by atoms with Gasteiger partial charge in [0.2, 0.25) is 5.92 Å². The molecule has 0 saturated heterocycles. The number of hydrogen-bond donors (Lipinski definition) is 0. The third kappa shape index (κ3) is 1.69. The van der Waals surface area contributed by atoms with Crippen LogP contribution in [0.3, 0.4) is 0 Å². The summed E-state index contributed by atoms with van der Waals surface area (Å²) in [6.07, 6.45) is 1.61. The van der Waals surface area contributed by atoms with Gasteiger partial charge in [-0.15, -0.1) is 0 Å². The van der Waals surface area contributed by atoms with E-state index < -0.39 is 5.92 Å². The topological polar surface area (TPSA) is 12.9 Å². The van der Waals surface area contributed by atoms with Crippen molar-refractivity contribution >= 4 is 0 Å². The molecule has 0 unspecified atom stereocenters. The van der Waals surface area contributed by atoms with Crippen LogP contribution in [-0.4, -0.2) is 10.9 Å². The lowest BCUT2D eigenvalue weighted by Gasteiger charge is -2.34. The van der Waals surface area contributed by atoms with Gasteiger partial charge < -0.3 is 0 Å². The molecule has 1 saturated carbocycles. The molecule has 0 amide bonds. The molecular formula is C10H11F2N. The smallest absolute Gasteiger partial charge is 0.249 e. The largest absolute Gasteiger partial charge is 0.261 e. The van der Waals surface area contributed by atoms with E-state index in [-0.39, 0.29) is 18.8 Å². The van der Waals surface area contributed by atoms with E-state index in [2.05, 4.69) is 4.98 Å². The minimum atomic E-state index is -2.45. The number of hydrogen-bond acceptors (Lipinski definition) is 1. The van der Waals surface area contributed by atoms with Crippen LogP contribution in [0.25, 0.3) is 0 Å². The van der Waals surface area contributed by atoms with E-state index in [1.807, 2.05) is 19.1 Å². The number of nitrogens with zero attached hydrogens (tertiary/aromatic N) is 1. The van der Waals surface area contributed by atoms with E-state index in [4.69, 9.17) is 0 Å². The summed E-state index contributed by atoms with van der Waals surface area (Å²) < 4.78 is 25.1. The Morgan fingerprint density at radius 2 is 2.15 bits per heavy atom. The van der Waals surface area contributed by atoms with Gasteiger partial charge in [0.05, 0.1) is 0 Å². The standard InChI is InChI=1S/C10H11F2N/c1-7-2-3-13-9(4-7)8-5-10(11,12)6-8/h2-4,8H,5-6H2,1H3. The zero-order valence-electron chi connectivity index (χ0n) is 7.43.